The summed E-state index contributed by atoms with van der Waals surface area (Å²) >= 11 is 13.1. The molecule has 2 N–H and O–H groups in total. The van der Waals surface area contributed by atoms with Crippen LogP contribution in [0.2, 0.25) is 9.36 Å². The normalized spacial score (nSPS) is 12.7. The van der Waals surface area contributed by atoms with E-state index in [0.29, 0.717) is 18.4 Å². The SMILES string of the molecule is NC(Cc1ccc(Cl)s1)Cc1cccc(Cl)c1F. The van der Waals surface area contributed by atoms with E-state index in [0.717, 1.165) is 9.21 Å². The van der Waals surface area contributed by atoms with Crippen LogP contribution < -0.4 is 5.73 Å². The zero-order valence-electron chi connectivity index (χ0n) is 9.50. The zero-order valence-corrected chi connectivity index (χ0v) is 11.8. The van der Waals surface area contributed by atoms with E-state index >= 15 is 0 Å². The lowest BCUT2D eigenvalue weighted by Gasteiger charge is -2.11. The van der Waals surface area contributed by atoms with Crippen LogP contribution in [0, 0.1) is 5.82 Å². The number of benzene rings is 1. The summed E-state index contributed by atoms with van der Waals surface area (Å²) in [5.74, 6) is -0.376. The first kappa shape index (κ1) is 13.8. The predicted octanol–water partition coefficient (Wildman–Crippen LogP) is 4.31. The predicted molar refractivity (Wildman–Crippen MR) is 76.1 cm³/mol. The highest BCUT2D eigenvalue weighted by Gasteiger charge is 2.12. The summed E-state index contributed by atoms with van der Waals surface area (Å²) in [5, 5.41) is 0.138. The van der Waals surface area contributed by atoms with Gasteiger partial charge >= 0.3 is 0 Å². The van der Waals surface area contributed by atoms with Gasteiger partial charge in [-0.1, -0.05) is 35.3 Å². The molecule has 2 rings (SSSR count). The molecule has 1 heterocycles. The first-order valence-electron chi connectivity index (χ1n) is 5.49. The zero-order chi connectivity index (χ0) is 13.1. The molecule has 18 heavy (non-hydrogen) atoms. The van der Waals surface area contributed by atoms with Crippen molar-refractivity contribution in [3.63, 3.8) is 0 Å². The molecule has 0 amide bonds. The summed E-state index contributed by atoms with van der Waals surface area (Å²) in [6, 6.07) is 8.62. The number of thiophene rings is 1. The molecule has 0 aliphatic carbocycles. The second kappa shape index (κ2) is 6.02. The number of hydrogen-bond donors (Lipinski definition) is 1. The molecular weight excluding hydrogens is 292 g/mol. The standard InChI is InChI=1S/C13H12Cl2FNS/c14-11-3-1-2-8(13(11)16)6-9(17)7-10-4-5-12(15)18-10/h1-5,9H,6-7,17H2. The summed E-state index contributed by atoms with van der Waals surface area (Å²) in [7, 11) is 0. The molecule has 0 aliphatic heterocycles. The minimum Gasteiger partial charge on any atom is -0.327 e. The van der Waals surface area contributed by atoms with Crippen LogP contribution in [0.3, 0.4) is 0 Å². The lowest BCUT2D eigenvalue weighted by Crippen LogP contribution is -2.25. The molecule has 1 atom stereocenters. The van der Waals surface area contributed by atoms with Crippen LogP contribution in [0.15, 0.2) is 30.3 Å². The highest BCUT2D eigenvalue weighted by molar-refractivity contribution is 7.16. The molecule has 2 aromatic rings. The van der Waals surface area contributed by atoms with E-state index in [1.165, 1.54) is 17.4 Å². The van der Waals surface area contributed by atoms with Gasteiger partial charge in [0.15, 0.2) is 0 Å². The number of rotatable bonds is 4. The molecule has 1 aromatic carbocycles. The van der Waals surface area contributed by atoms with Gasteiger partial charge in [-0.05, 0) is 36.6 Å². The Bertz CT molecular complexity index is 542. The fraction of sp³-hybridized carbons (Fsp3) is 0.231. The molecule has 1 unspecified atom stereocenters. The molecule has 0 bridgehead atoms. The maximum atomic E-state index is 13.7. The minimum atomic E-state index is -0.376. The van der Waals surface area contributed by atoms with Crippen molar-refractivity contribution in [2.45, 2.75) is 18.9 Å². The van der Waals surface area contributed by atoms with Crippen LogP contribution in [0.5, 0.6) is 0 Å². The Labute approximate surface area is 119 Å². The van der Waals surface area contributed by atoms with Crippen molar-refractivity contribution in [2.75, 3.05) is 0 Å². The van der Waals surface area contributed by atoms with Gasteiger partial charge in [0.05, 0.1) is 9.36 Å². The van der Waals surface area contributed by atoms with Crippen molar-refractivity contribution in [2.24, 2.45) is 5.73 Å². The molecule has 0 fully saturated rings. The van der Waals surface area contributed by atoms with Gasteiger partial charge in [0.25, 0.3) is 0 Å². The average molecular weight is 304 g/mol. The molecule has 1 nitrogen and oxygen atoms in total. The summed E-state index contributed by atoms with van der Waals surface area (Å²) in [5.41, 5.74) is 6.57. The van der Waals surface area contributed by atoms with E-state index in [1.54, 1.807) is 12.1 Å². The fourth-order valence-corrected chi connectivity index (χ4v) is 3.16. The van der Waals surface area contributed by atoms with Gasteiger partial charge in [0, 0.05) is 10.9 Å². The summed E-state index contributed by atoms with van der Waals surface area (Å²) in [4.78, 5) is 1.11. The molecule has 0 spiro atoms. The highest BCUT2D eigenvalue weighted by Crippen LogP contribution is 2.24. The first-order valence-corrected chi connectivity index (χ1v) is 7.06. The maximum Gasteiger partial charge on any atom is 0.145 e. The van der Waals surface area contributed by atoms with Crippen LogP contribution in [-0.4, -0.2) is 6.04 Å². The van der Waals surface area contributed by atoms with Crippen molar-refractivity contribution in [1.29, 1.82) is 0 Å². The minimum absolute atomic E-state index is 0.138. The van der Waals surface area contributed by atoms with Crippen molar-refractivity contribution in [1.82, 2.24) is 0 Å². The molecule has 1 aromatic heterocycles. The van der Waals surface area contributed by atoms with Crippen molar-refractivity contribution in [3.8, 4) is 0 Å². The van der Waals surface area contributed by atoms with E-state index < -0.39 is 0 Å². The lowest BCUT2D eigenvalue weighted by molar-refractivity contribution is 0.585. The Morgan fingerprint density at radius 1 is 1.17 bits per heavy atom. The third kappa shape index (κ3) is 3.45. The molecule has 0 aliphatic rings. The summed E-state index contributed by atoms with van der Waals surface area (Å²) in [6.07, 6.45) is 1.14. The van der Waals surface area contributed by atoms with Gasteiger partial charge in [0.1, 0.15) is 5.82 Å². The molecule has 0 saturated heterocycles. The van der Waals surface area contributed by atoms with Crippen LogP contribution in [0.1, 0.15) is 10.4 Å². The number of nitrogens with two attached hydrogens (primary N) is 1. The van der Waals surface area contributed by atoms with Gasteiger partial charge in [-0.2, -0.15) is 0 Å². The average Bonchev–Trinajstić information content (AvgIpc) is 2.70. The largest absolute Gasteiger partial charge is 0.327 e. The van der Waals surface area contributed by atoms with Crippen molar-refractivity contribution in [3.05, 3.63) is 55.9 Å². The monoisotopic (exact) mass is 303 g/mol. The molecular formula is C13H12Cl2FNS. The quantitative estimate of drug-likeness (QED) is 0.895. The van der Waals surface area contributed by atoms with Gasteiger partial charge in [-0.3, -0.25) is 0 Å². The number of hydrogen-bond acceptors (Lipinski definition) is 2. The second-order valence-corrected chi connectivity index (χ2v) is 6.29. The highest BCUT2D eigenvalue weighted by atomic mass is 35.5. The molecule has 0 radical (unpaired) electrons. The van der Waals surface area contributed by atoms with Gasteiger partial charge in [0.2, 0.25) is 0 Å². The van der Waals surface area contributed by atoms with E-state index in [2.05, 4.69) is 0 Å². The third-order valence-electron chi connectivity index (χ3n) is 2.61. The van der Waals surface area contributed by atoms with E-state index in [1.807, 2.05) is 12.1 Å². The van der Waals surface area contributed by atoms with Gasteiger partial charge < -0.3 is 5.73 Å². The topological polar surface area (TPSA) is 26.0 Å². The van der Waals surface area contributed by atoms with Crippen molar-refractivity contribution < 1.29 is 4.39 Å². The van der Waals surface area contributed by atoms with E-state index in [4.69, 9.17) is 28.9 Å². The van der Waals surface area contributed by atoms with Crippen molar-refractivity contribution >= 4 is 34.5 Å². The fourth-order valence-electron chi connectivity index (χ4n) is 1.78. The Kier molecular flexibility index (Phi) is 4.62. The Hall–Kier alpha value is -0.610. The van der Waals surface area contributed by atoms with Gasteiger partial charge in [-0.25, -0.2) is 4.39 Å². The van der Waals surface area contributed by atoms with Gasteiger partial charge in [-0.15, -0.1) is 11.3 Å². The molecule has 0 saturated carbocycles. The summed E-state index contributed by atoms with van der Waals surface area (Å²) < 4.78 is 14.4. The Morgan fingerprint density at radius 2 is 1.94 bits per heavy atom. The third-order valence-corrected chi connectivity index (χ3v) is 4.15. The molecule has 96 valence electrons. The Balaban J connectivity index is 2.03. The second-order valence-electron chi connectivity index (χ2n) is 4.09. The van der Waals surface area contributed by atoms with Crippen LogP contribution >= 0.6 is 34.5 Å². The van der Waals surface area contributed by atoms with E-state index in [9.17, 15) is 4.39 Å². The molecule has 5 heteroatoms. The Morgan fingerprint density at radius 3 is 2.61 bits per heavy atom. The maximum absolute atomic E-state index is 13.7. The van der Waals surface area contributed by atoms with Crippen LogP contribution in [0.25, 0.3) is 0 Å². The van der Waals surface area contributed by atoms with Crippen LogP contribution in [-0.2, 0) is 12.8 Å². The lowest BCUT2D eigenvalue weighted by atomic mass is 10.0. The smallest absolute Gasteiger partial charge is 0.145 e. The number of halogens is 3. The summed E-state index contributed by atoms with van der Waals surface area (Å²) in [6.45, 7) is 0. The first-order chi connectivity index (χ1) is 8.56. The van der Waals surface area contributed by atoms with E-state index in [-0.39, 0.29) is 16.9 Å². The van der Waals surface area contributed by atoms with Crippen LogP contribution in [0.4, 0.5) is 4.39 Å².